The molecule has 2 amide bonds. The first-order valence-electron chi connectivity index (χ1n) is 7.70. The number of amides is 2. The summed E-state index contributed by atoms with van der Waals surface area (Å²) in [4.78, 5) is 28.2. The Morgan fingerprint density at radius 3 is 2.73 bits per heavy atom. The number of rotatable bonds is 2. The molecule has 2 heterocycles. The summed E-state index contributed by atoms with van der Waals surface area (Å²) in [6, 6.07) is 5.71. The van der Waals surface area contributed by atoms with E-state index >= 15 is 0 Å². The Kier molecular flexibility index (Phi) is 4.38. The van der Waals surface area contributed by atoms with Gasteiger partial charge in [0, 0.05) is 37.8 Å². The van der Waals surface area contributed by atoms with Crippen molar-refractivity contribution in [3.63, 3.8) is 0 Å². The first-order chi connectivity index (χ1) is 10.6. The number of benzene rings is 1. The SMILES string of the molecule is O=C(c1ccc(F)cc1)N1CCCC(N2CCNCC2=O)C1. The van der Waals surface area contributed by atoms with Crippen molar-refractivity contribution in [1.29, 1.82) is 0 Å². The van der Waals surface area contributed by atoms with Gasteiger partial charge in [-0.3, -0.25) is 9.59 Å². The molecule has 2 saturated heterocycles. The molecular weight excluding hydrogens is 285 g/mol. The molecule has 2 fully saturated rings. The van der Waals surface area contributed by atoms with Crippen LogP contribution in [-0.2, 0) is 4.79 Å². The van der Waals surface area contributed by atoms with E-state index in [2.05, 4.69) is 5.32 Å². The highest BCUT2D eigenvalue weighted by molar-refractivity contribution is 5.94. The largest absolute Gasteiger partial charge is 0.337 e. The summed E-state index contributed by atoms with van der Waals surface area (Å²) in [5.74, 6) is -0.334. The standard InChI is InChI=1S/C16H20FN3O2/c17-13-5-3-12(4-6-13)16(22)19-8-1-2-14(11-19)20-9-7-18-10-15(20)21/h3-6,14,18H,1-2,7-11H2. The van der Waals surface area contributed by atoms with Crippen molar-refractivity contribution >= 4 is 11.8 Å². The van der Waals surface area contributed by atoms with Crippen LogP contribution in [0.15, 0.2) is 24.3 Å². The molecule has 0 spiro atoms. The van der Waals surface area contributed by atoms with Gasteiger partial charge in [0.05, 0.1) is 6.54 Å². The van der Waals surface area contributed by atoms with Crippen LogP contribution in [-0.4, -0.2) is 60.4 Å². The molecule has 118 valence electrons. The summed E-state index contributed by atoms with van der Waals surface area (Å²) in [6.45, 7) is 3.12. The van der Waals surface area contributed by atoms with Gasteiger partial charge in [0.2, 0.25) is 5.91 Å². The third-order valence-electron chi connectivity index (χ3n) is 4.34. The van der Waals surface area contributed by atoms with Crippen LogP contribution in [0.2, 0.25) is 0 Å². The van der Waals surface area contributed by atoms with Crippen molar-refractivity contribution in [2.24, 2.45) is 0 Å². The molecule has 1 N–H and O–H groups in total. The minimum Gasteiger partial charge on any atom is -0.337 e. The van der Waals surface area contributed by atoms with Crippen molar-refractivity contribution in [1.82, 2.24) is 15.1 Å². The van der Waals surface area contributed by atoms with Gasteiger partial charge in [0.25, 0.3) is 5.91 Å². The molecule has 0 bridgehead atoms. The lowest BCUT2D eigenvalue weighted by Gasteiger charge is -2.41. The van der Waals surface area contributed by atoms with Crippen LogP contribution in [0.5, 0.6) is 0 Å². The Labute approximate surface area is 129 Å². The van der Waals surface area contributed by atoms with E-state index in [0.717, 1.165) is 19.4 Å². The van der Waals surface area contributed by atoms with E-state index in [1.165, 1.54) is 24.3 Å². The highest BCUT2D eigenvalue weighted by atomic mass is 19.1. The van der Waals surface area contributed by atoms with Crippen LogP contribution < -0.4 is 5.32 Å². The Balaban J connectivity index is 1.68. The van der Waals surface area contributed by atoms with Gasteiger partial charge in [-0.05, 0) is 37.1 Å². The van der Waals surface area contributed by atoms with E-state index in [4.69, 9.17) is 0 Å². The molecule has 22 heavy (non-hydrogen) atoms. The Bertz CT molecular complexity index is 561. The highest BCUT2D eigenvalue weighted by Gasteiger charge is 2.31. The maximum Gasteiger partial charge on any atom is 0.253 e. The lowest BCUT2D eigenvalue weighted by atomic mass is 10.0. The van der Waals surface area contributed by atoms with Gasteiger partial charge < -0.3 is 15.1 Å². The average Bonchev–Trinajstić information content (AvgIpc) is 2.55. The third kappa shape index (κ3) is 3.11. The molecule has 0 radical (unpaired) electrons. The predicted octanol–water partition coefficient (Wildman–Crippen LogP) is 0.862. The maximum absolute atomic E-state index is 13.0. The highest BCUT2D eigenvalue weighted by Crippen LogP contribution is 2.19. The Hall–Kier alpha value is -1.95. The van der Waals surface area contributed by atoms with E-state index in [0.29, 0.717) is 31.7 Å². The molecule has 0 saturated carbocycles. The summed E-state index contributed by atoms with van der Waals surface area (Å²) in [5.41, 5.74) is 0.494. The first kappa shape index (κ1) is 15.0. The zero-order valence-electron chi connectivity index (χ0n) is 12.4. The number of nitrogens with one attached hydrogen (secondary N) is 1. The average molecular weight is 305 g/mol. The molecule has 1 aromatic rings. The van der Waals surface area contributed by atoms with Crippen molar-refractivity contribution in [3.05, 3.63) is 35.6 Å². The number of likely N-dealkylation sites (tertiary alicyclic amines) is 1. The Morgan fingerprint density at radius 1 is 1.23 bits per heavy atom. The summed E-state index contributed by atoms with van der Waals surface area (Å²) in [7, 11) is 0. The number of carbonyl (C=O) groups is 2. The number of halogens is 1. The van der Waals surface area contributed by atoms with Gasteiger partial charge in [-0.1, -0.05) is 0 Å². The fraction of sp³-hybridized carbons (Fsp3) is 0.500. The van der Waals surface area contributed by atoms with Gasteiger partial charge in [-0.25, -0.2) is 4.39 Å². The fourth-order valence-electron chi connectivity index (χ4n) is 3.18. The molecule has 1 unspecified atom stereocenters. The number of nitrogens with zero attached hydrogens (tertiary/aromatic N) is 2. The van der Waals surface area contributed by atoms with Crippen molar-refractivity contribution in [2.45, 2.75) is 18.9 Å². The molecular formula is C16H20FN3O2. The molecule has 3 rings (SSSR count). The number of hydrogen-bond donors (Lipinski definition) is 1. The molecule has 0 aromatic heterocycles. The molecule has 1 atom stereocenters. The number of hydrogen-bond acceptors (Lipinski definition) is 3. The molecule has 5 nitrogen and oxygen atoms in total. The van der Waals surface area contributed by atoms with E-state index in [-0.39, 0.29) is 23.7 Å². The van der Waals surface area contributed by atoms with Crippen molar-refractivity contribution in [3.8, 4) is 0 Å². The van der Waals surface area contributed by atoms with E-state index in [9.17, 15) is 14.0 Å². The monoisotopic (exact) mass is 305 g/mol. The predicted molar refractivity (Wildman–Crippen MR) is 79.9 cm³/mol. The maximum atomic E-state index is 13.0. The third-order valence-corrected chi connectivity index (χ3v) is 4.34. The normalized spacial score (nSPS) is 22.8. The first-order valence-corrected chi connectivity index (χ1v) is 7.70. The van der Waals surface area contributed by atoms with Crippen LogP contribution >= 0.6 is 0 Å². The van der Waals surface area contributed by atoms with Crippen LogP contribution in [0, 0.1) is 5.82 Å². The van der Waals surface area contributed by atoms with Gasteiger partial charge in [-0.2, -0.15) is 0 Å². The second-order valence-electron chi connectivity index (χ2n) is 5.82. The zero-order valence-corrected chi connectivity index (χ0v) is 12.4. The van der Waals surface area contributed by atoms with Crippen molar-refractivity contribution in [2.75, 3.05) is 32.7 Å². The van der Waals surface area contributed by atoms with Gasteiger partial charge in [0.15, 0.2) is 0 Å². The lowest BCUT2D eigenvalue weighted by Crippen LogP contribution is -2.57. The van der Waals surface area contributed by atoms with E-state index in [1.807, 2.05) is 4.90 Å². The van der Waals surface area contributed by atoms with Gasteiger partial charge in [-0.15, -0.1) is 0 Å². The number of carbonyl (C=O) groups excluding carboxylic acids is 2. The number of piperazine rings is 1. The lowest BCUT2D eigenvalue weighted by molar-refractivity contribution is -0.135. The van der Waals surface area contributed by atoms with E-state index < -0.39 is 0 Å². The Morgan fingerprint density at radius 2 is 2.00 bits per heavy atom. The smallest absolute Gasteiger partial charge is 0.253 e. The van der Waals surface area contributed by atoms with Crippen LogP contribution in [0.25, 0.3) is 0 Å². The second-order valence-corrected chi connectivity index (χ2v) is 5.82. The van der Waals surface area contributed by atoms with E-state index in [1.54, 1.807) is 4.90 Å². The van der Waals surface area contributed by atoms with Crippen LogP contribution in [0.3, 0.4) is 0 Å². The molecule has 0 aliphatic carbocycles. The van der Waals surface area contributed by atoms with Gasteiger partial charge in [0.1, 0.15) is 5.82 Å². The number of piperidine rings is 1. The zero-order chi connectivity index (χ0) is 15.5. The fourth-order valence-corrected chi connectivity index (χ4v) is 3.18. The molecule has 1 aromatic carbocycles. The molecule has 6 heteroatoms. The van der Waals surface area contributed by atoms with Crippen LogP contribution in [0.4, 0.5) is 4.39 Å². The second kappa shape index (κ2) is 6.44. The summed E-state index contributed by atoms with van der Waals surface area (Å²) >= 11 is 0. The topological polar surface area (TPSA) is 52.7 Å². The van der Waals surface area contributed by atoms with Crippen LogP contribution in [0.1, 0.15) is 23.2 Å². The summed E-state index contributed by atoms with van der Waals surface area (Å²) < 4.78 is 13.0. The van der Waals surface area contributed by atoms with Crippen molar-refractivity contribution < 1.29 is 14.0 Å². The minimum absolute atomic E-state index is 0.0905. The molecule has 2 aliphatic rings. The summed E-state index contributed by atoms with van der Waals surface area (Å²) in [5, 5.41) is 3.06. The minimum atomic E-state index is -0.348. The summed E-state index contributed by atoms with van der Waals surface area (Å²) in [6.07, 6.45) is 1.81. The quantitative estimate of drug-likeness (QED) is 0.882. The molecule has 2 aliphatic heterocycles. The van der Waals surface area contributed by atoms with Gasteiger partial charge >= 0.3 is 0 Å².